The molecule has 0 bridgehead atoms. The van der Waals surface area contributed by atoms with Gasteiger partial charge in [0, 0.05) is 4.91 Å². The Morgan fingerprint density at radius 1 is 1.47 bits per heavy atom. The Bertz CT molecular complexity index is 476. The number of rotatable bonds is 7. The molecule has 1 rings (SSSR count). The van der Waals surface area contributed by atoms with Gasteiger partial charge in [0.15, 0.2) is 0 Å². The molecule has 0 N–H and O–H groups in total. The summed E-state index contributed by atoms with van der Waals surface area (Å²) < 4.78 is 31.1. The van der Waals surface area contributed by atoms with Crippen LogP contribution in [0, 0.1) is 5.82 Å². The SMILES string of the molecule is [N-]=[N+]=NCC(F)CCCOC(=O)c1ccccc1F. The van der Waals surface area contributed by atoms with E-state index in [2.05, 4.69) is 10.0 Å². The van der Waals surface area contributed by atoms with Crippen LogP contribution in [-0.2, 0) is 4.74 Å². The van der Waals surface area contributed by atoms with Gasteiger partial charge in [0.2, 0.25) is 0 Å². The van der Waals surface area contributed by atoms with Gasteiger partial charge in [-0.25, -0.2) is 13.6 Å². The molecule has 5 nitrogen and oxygen atoms in total. The van der Waals surface area contributed by atoms with E-state index in [0.29, 0.717) is 0 Å². The summed E-state index contributed by atoms with van der Waals surface area (Å²) in [6.07, 6.45) is -0.866. The number of carbonyl (C=O) groups excluding carboxylic acids is 1. The molecule has 0 aromatic heterocycles. The van der Waals surface area contributed by atoms with Crippen LogP contribution in [-0.4, -0.2) is 25.3 Å². The highest BCUT2D eigenvalue weighted by Gasteiger charge is 2.12. The number of hydrogen-bond acceptors (Lipinski definition) is 3. The standard InChI is InChI=1S/C12H13F2N3O2/c13-9(8-16-17-15)4-3-7-19-12(18)10-5-1-2-6-11(10)14/h1-2,5-6,9H,3-4,7-8H2. The maximum Gasteiger partial charge on any atom is 0.341 e. The van der Waals surface area contributed by atoms with Crippen molar-refractivity contribution in [3.05, 3.63) is 46.1 Å². The number of halogens is 2. The van der Waals surface area contributed by atoms with E-state index in [0.717, 1.165) is 6.07 Å². The number of nitrogens with zero attached hydrogens (tertiary/aromatic N) is 3. The van der Waals surface area contributed by atoms with Gasteiger partial charge in [-0.2, -0.15) is 0 Å². The Morgan fingerprint density at radius 3 is 2.89 bits per heavy atom. The molecule has 0 heterocycles. The molecule has 102 valence electrons. The Morgan fingerprint density at radius 2 is 2.21 bits per heavy atom. The molecular weight excluding hydrogens is 256 g/mol. The second kappa shape index (κ2) is 8.05. The van der Waals surface area contributed by atoms with Crippen LogP contribution < -0.4 is 0 Å². The van der Waals surface area contributed by atoms with Gasteiger partial charge < -0.3 is 4.74 Å². The summed E-state index contributed by atoms with van der Waals surface area (Å²) in [6, 6.07) is 5.47. The lowest BCUT2D eigenvalue weighted by Crippen LogP contribution is -2.11. The fourth-order valence-electron chi connectivity index (χ4n) is 1.39. The predicted octanol–water partition coefficient (Wildman–Crippen LogP) is 3.41. The van der Waals surface area contributed by atoms with E-state index in [1.54, 1.807) is 0 Å². The van der Waals surface area contributed by atoms with E-state index in [1.165, 1.54) is 18.2 Å². The van der Waals surface area contributed by atoms with E-state index < -0.39 is 18.0 Å². The maximum absolute atomic E-state index is 13.2. The van der Waals surface area contributed by atoms with Crippen molar-refractivity contribution >= 4 is 5.97 Å². The molecule has 1 atom stereocenters. The average Bonchev–Trinajstić information content (AvgIpc) is 2.41. The Balaban J connectivity index is 2.28. The van der Waals surface area contributed by atoms with Gasteiger partial charge in [-0.3, -0.25) is 0 Å². The van der Waals surface area contributed by atoms with Gasteiger partial charge >= 0.3 is 5.97 Å². The first-order valence-corrected chi connectivity index (χ1v) is 5.71. The maximum atomic E-state index is 13.2. The van der Waals surface area contributed by atoms with Gasteiger partial charge in [0.25, 0.3) is 0 Å². The zero-order valence-electron chi connectivity index (χ0n) is 10.1. The quantitative estimate of drug-likeness (QED) is 0.250. The van der Waals surface area contributed by atoms with Crippen LogP contribution in [0.1, 0.15) is 23.2 Å². The third-order valence-corrected chi connectivity index (χ3v) is 2.33. The minimum Gasteiger partial charge on any atom is -0.462 e. The van der Waals surface area contributed by atoms with E-state index in [4.69, 9.17) is 10.3 Å². The van der Waals surface area contributed by atoms with Crippen LogP contribution in [0.15, 0.2) is 29.4 Å². The lowest BCUT2D eigenvalue weighted by atomic mass is 10.2. The first-order valence-electron chi connectivity index (χ1n) is 5.71. The number of esters is 1. The molecule has 0 amide bonds. The van der Waals surface area contributed by atoms with Crippen molar-refractivity contribution < 1.29 is 18.3 Å². The summed E-state index contributed by atoms with van der Waals surface area (Å²) in [7, 11) is 0. The van der Waals surface area contributed by atoms with Gasteiger partial charge in [0.05, 0.1) is 18.7 Å². The smallest absolute Gasteiger partial charge is 0.341 e. The first-order chi connectivity index (χ1) is 9.15. The summed E-state index contributed by atoms with van der Waals surface area (Å²) >= 11 is 0. The average molecular weight is 269 g/mol. The Hall–Kier alpha value is -2.14. The second-order valence-corrected chi connectivity index (χ2v) is 3.77. The summed E-state index contributed by atoms with van der Waals surface area (Å²) in [5.41, 5.74) is 7.85. The molecule has 1 aromatic rings. The van der Waals surface area contributed by atoms with E-state index in [-0.39, 0.29) is 31.6 Å². The molecule has 19 heavy (non-hydrogen) atoms. The second-order valence-electron chi connectivity index (χ2n) is 3.77. The van der Waals surface area contributed by atoms with Crippen molar-refractivity contribution in [1.29, 1.82) is 0 Å². The highest BCUT2D eigenvalue weighted by molar-refractivity contribution is 5.89. The zero-order valence-corrected chi connectivity index (χ0v) is 10.1. The number of alkyl halides is 1. The number of carbonyl (C=O) groups is 1. The summed E-state index contributed by atoms with van der Waals surface area (Å²) in [6.45, 7) is -0.248. The van der Waals surface area contributed by atoms with E-state index in [9.17, 15) is 13.6 Å². The zero-order chi connectivity index (χ0) is 14.1. The summed E-state index contributed by atoms with van der Waals surface area (Å²) in [5, 5.41) is 3.09. The largest absolute Gasteiger partial charge is 0.462 e. The van der Waals surface area contributed by atoms with Crippen molar-refractivity contribution in [2.24, 2.45) is 5.11 Å². The minimum absolute atomic E-state index is 0.0101. The van der Waals surface area contributed by atoms with Crippen LogP contribution in [0.4, 0.5) is 8.78 Å². The highest BCUT2D eigenvalue weighted by Crippen LogP contribution is 2.09. The van der Waals surface area contributed by atoms with Crippen molar-refractivity contribution in [3.8, 4) is 0 Å². The Labute approximate surface area is 108 Å². The number of azide groups is 1. The monoisotopic (exact) mass is 269 g/mol. The topological polar surface area (TPSA) is 75.1 Å². The lowest BCUT2D eigenvalue weighted by molar-refractivity contribution is 0.0485. The van der Waals surface area contributed by atoms with Crippen LogP contribution in [0.5, 0.6) is 0 Å². The van der Waals surface area contributed by atoms with E-state index in [1.807, 2.05) is 0 Å². The van der Waals surface area contributed by atoms with Crippen LogP contribution >= 0.6 is 0 Å². The van der Waals surface area contributed by atoms with Crippen molar-refractivity contribution in [2.75, 3.05) is 13.2 Å². The summed E-state index contributed by atoms with van der Waals surface area (Å²) in [5.74, 6) is -1.43. The van der Waals surface area contributed by atoms with Gasteiger partial charge in [-0.05, 0) is 30.5 Å². The van der Waals surface area contributed by atoms with Gasteiger partial charge in [-0.15, -0.1) is 0 Å². The molecule has 0 aliphatic heterocycles. The molecule has 1 aromatic carbocycles. The molecule has 0 saturated carbocycles. The molecule has 0 fully saturated rings. The van der Waals surface area contributed by atoms with E-state index >= 15 is 0 Å². The molecular formula is C12H13F2N3O2. The number of hydrogen-bond donors (Lipinski definition) is 0. The molecule has 0 aliphatic carbocycles. The summed E-state index contributed by atoms with van der Waals surface area (Å²) in [4.78, 5) is 13.9. The van der Waals surface area contributed by atoms with Crippen LogP contribution in [0.2, 0.25) is 0 Å². The Kier molecular flexibility index (Phi) is 6.32. The molecule has 0 aliphatic rings. The van der Waals surface area contributed by atoms with Gasteiger partial charge in [-0.1, -0.05) is 17.2 Å². The molecule has 0 spiro atoms. The third-order valence-electron chi connectivity index (χ3n) is 2.33. The number of ether oxygens (including phenoxy) is 1. The number of benzene rings is 1. The van der Waals surface area contributed by atoms with Crippen molar-refractivity contribution in [2.45, 2.75) is 19.0 Å². The molecule has 7 heteroatoms. The fourth-order valence-corrected chi connectivity index (χ4v) is 1.39. The van der Waals surface area contributed by atoms with Crippen LogP contribution in [0.25, 0.3) is 10.4 Å². The molecule has 1 unspecified atom stereocenters. The lowest BCUT2D eigenvalue weighted by Gasteiger charge is -2.07. The molecule has 0 saturated heterocycles. The van der Waals surface area contributed by atoms with Crippen LogP contribution in [0.3, 0.4) is 0 Å². The third kappa shape index (κ3) is 5.35. The van der Waals surface area contributed by atoms with Gasteiger partial charge in [0.1, 0.15) is 12.0 Å². The normalized spacial score (nSPS) is 11.5. The van der Waals surface area contributed by atoms with Crippen molar-refractivity contribution in [1.82, 2.24) is 0 Å². The first kappa shape index (κ1) is 14.9. The van der Waals surface area contributed by atoms with Crippen molar-refractivity contribution in [3.63, 3.8) is 0 Å². The highest BCUT2D eigenvalue weighted by atomic mass is 19.1. The fraction of sp³-hybridized carbons (Fsp3) is 0.417. The minimum atomic E-state index is -1.26. The molecule has 0 radical (unpaired) electrons. The predicted molar refractivity (Wildman–Crippen MR) is 64.8 cm³/mol.